The Kier molecular flexibility index (Phi) is 6.45. The minimum absolute atomic E-state index is 0.0120. The maximum absolute atomic E-state index is 11.3. The van der Waals surface area contributed by atoms with Crippen LogP contribution >= 0.6 is 0 Å². The zero-order chi connectivity index (χ0) is 10.9. The van der Waals surface area contributed by atoms with Crippen LogP contribution in [0.3, 0.4) is 0 Å². The number of rotatable bonds is 7. The molecule has 1 rings (SSSR count). The predicted octanol–water partition coefficient (Wildman–Crippen LogP) is 3.69. The van der Waals surface area contributed by atoms with Crippen LogP contribution in [0.15, 0.2) is 0 Å². The molecular weight excluding hydrogens is 188 g/mol. The van der Waals surface area contributed by atoms with Gasteiger partial charge < -0.3 is 4.74 Å². The number of unbranched alkanes of at least 4 members (excludes halogenated alkanes) is 2. The van der Waals surface area contributed by atoms with E-state index in [-0.39, 0.29) is 5.97 Å². The molecule has 15 heavy (non-hydrogen) atoms. The first kappa shape index (κ1) is 12.5. The normalized spacial score (nSPS) is 16.9. The molecule has 0 heterocycles. The average molecular weight is 212 g/mol. The highest BCUT2D eigenvalue weighted by Gasteiger charge is 2.16. The van der Waals surface area contributed by atoms with Gasteiger partial charge in [-0.15, -0.1) is 0 Å². The minimum atomic E-state index is 0.0120. The molecule has 1 aliphatic carbocycles. The van der Waals surface area contributed by atoms with Gasteiger partial charge in [-0.1, -0.05) is 45.4 Å². The molecule has 0 aliphatic heterocycles. The largest absolute Gasteiger partial charge is 0.466 e. The molecular formula is C13H24O2. The van der Waals surface area contributed by atoms with E-state index in [1.54, 1.807) is 0 Å². The standard InChI is InChI=1S/C13H24O2/c1-2-3-6-11-15-13(14)10-9-12-7-4-5-8-12/h12H,2-11H2,1H3. The van der Waals surface area contributed by atoms with Crippen molar-refractivity contribution < 1.29 is 9.53 Å². The van der Waals surface area contributed by atoms with Gasteiger partial charge in [0.05, 0.1) is 6.61 Å². The molecule has 0 saturated heterocycles. The molecule has 0 aromatic rings. The Labute approximate surface area is 93.4 Å². The van der Waals surface area contributed by atoms with Crippen LogP contribution in [0.2, 0.25) is 0 Å². The number of carbonyl (C=O) groups excluding carboxylic acids is 1. The third-order valence-corrected chi connectivity index (χ3v) is 3.24. The van der Waals surface area contributed by atoms with Crippen molar-refractivity contribution >= 4 is 5.97 Å². The lowest BCUT2D eigenvalue weighted by Crippen LogP contribution is -2.07. The second kappa shape index (κ2) is 7.72. The van der Waals surface area contributed by atoms with Crippen LogP contribution in [-0.4, -0.2) is 12.6 Å². The van der Waals surface area contributed by atoms with Gasteiger partial charge in [-0.2, -0.15) is 0 Å². The Balaban J connectivity index is 1.93. The molecule has 88 valence electrons. The predicted molar refractivity (Wildman–Crippen MR) is 61.7 cm³/mol. The fourth-order valence-electron chi connectivity index (χ4n) is 2.23. The van der Waals surface area contributed by atoms with E-state index in [0.717, 1.165) is 25.2 Å². The van der Waals surface area contributed by atoms with Crippen LogP contribution in [0.1, 0.15) is 64.7 Å². The van der Waals surface area contributed by atoms with E-state index in [1.807, 2.05) is 0 Å². The van der Waals surface area contributed by atoms with Crippen LogP contribution in [0, 0.1) is 5.92 Å². The first-order valence-corrected chi connectivity index (χ1v) is 6.48. The summed E-state index contributed by atoms with van der Waals surface area (Å²) in [5.41, 5.74) is 0. The van der Waals surface area contributed by atoms with Gasteiger partial charge in [0.15, 0.2) is 0 Å². The maximum atomic E-state index is 11.3. The number of hydrogen-bond acceptors (Lipinski definition) is 2. The first-order chi connectivity index (χ1) is 7.33. The highest BCUT2D eigenvalue weighted by Crippen LogP contribution is 2.28. The van der Waals surface area contributed by atoms with E-state index in [9.17, 15) is 4.79 Å². The van der Waals surface area contributed by atoms with Crippen LogP contribution in [0.25, 0.3) is 0 Å². The van der Waals surface area contributed by atoms with E-state index in [1.165, 1.54) is 32.1 Å². The van der Waals surface area contributed by atoms with Gasteiger partial charge in [0, 0.05) is 6.42 Å². The van der Waals surface area contributed by atoms with E-state index in [0.29, 0.717) is 13.0 Å². The maximum Gasteiger partial charge on any atom is 0.305 e. The Morgan fingerprint density at radius 2 is 2.00 bits per heavy atom. The monoisotopic (exact) mass is 212 g/mol. The molecule has 2 nitrogen and oxygen atoms in total. The smallest absolute Gasteiger partial charge is 0.305 e. The van der Waals surface area contributed by atoms with Gasteiger partial charge in [-0.05, 0) is 18.8 Å². The second-order valence-electron chi connectivity index (χ2n) is 4.62. The van der Waals surface area contributed by atoms with Crippen LogP contribution in [-0.2, 0) is 9.53 Å². The summed E-state index contributed by atoms with van der Waals surface area (Å²) in [7, 11) is 0. The third-order valence-electron chi connectivity index (χ3n) is 3.24. The molecule has 1 saturated carbocycles. The lowest BCUT2D eigenvalue weighted by Gasteiger charge is -2.08. The summed E-state index contributed by atoms with van der Waals surface area (Å²) >= 11 is 0. The van der Waals surface area contributed by atoms with E-state index < -0.39 is 0 Å². The van der Waals surface area contributed by atoms with Crippen LogP contribution in [0.5, 0.6) is 0 Å². The van der Waals surface area contributed by atoms with Gasteiger partial charge >= 0.3 is 5.97 Å². The van der Waals surface area contributed by atoms with Crippen molar-refractivity contribution in [3.8, 4) is 0 Å². The Morgan fingerprint density at radius 1 is 1.27 bits per heavy atom. The molecule has 0 aromatic carbocycles. The fourth-order valence-corrected chi connectivity index (χ4v) is 2.23. The van der Waals surface area contributed by atoms with Crippen molar-refractivity contribution in [2.45, 2.75) is 64.7 Å². The van der Waals surface area contributed by atoms with Crippen molar-refractivity contribution in [2.24, 2.45) is 5.92 Å². The summed E-state index contributed by atoms with van der Waals surface area (Å²) in [5.74, 6) is 0.811. The summed E-state index contributed by atoms with van der Waals surface area (Å²) in [4.78, 5) is 11.3. The van der Waals surface area contributed by atoms with Crippen molar-refractivity contribution in [3.05, 3.63) is 0 Å². The number of ether oxygens (including phenoxy) is 1. The van der Waals surface area contributed by atoms with E-state index >= 15 is 0 Å². The molecule has 0 spiro atoms. The highest BCUT2D eigenvalue weighted by molar-refractivity contribution is 5.69. The Bertz CT molecular complexity index is 171. The molecule has 0 bridgehead atoms. The average Bonchev–Trinajstić information content (AvgIpc) is 2.74. The summed E-state index contributed by atoms with van der Waals surface area (Å²) in [6, 6.07) is 0. The molecule has 2 heteroatoms. The Morgan fingerprint density at radius 3 is 2.67 bits per heavy atom. The summed E-state index contributed by atoms with van der Waals surface area (Å²) in [6.07, 6.45) is 10.4. The number of carbonyl (C=O) groups is 1. The summed E-state index contributed by atoms with van der Waals surface area (Å²) in [6.45, 7) is 2.78. The van der Waals surface area contributed by atoms with Crippen LogP contribution < -0.4 is 0 Å². The quantitative estimate of drug-likeness (QED) is 0.475. The van der Waals surface area contributed by atoms with E-state index in [2.05, 4.69) is 6.92 Å². The molecule has 0 radical (unpaired) electrons. The van der Waals surface area contributed by atoms with Gasteiger partial charge in [0.25, 0.3) is 0 Å². The SMILES string of the molecule is CCCCCOC(=O)CCC1CCCC1. The minimum Gasteiger partial charge on any atom is -0.466 e. The molecule has 0 amide bonds. The van der Waals surface area contributed by atoms with Gasteiger partial charge in [0.1, 0.15) is 0 Å². The summed E-state index contributed by atoms with van der Waals surface area (Å²) in [5, 5.41) is 0. The molecule has 0 aromatic heterocycles. The van der Waals surface area contributed by atoms with Gasteiger partial charge in [-0.25, -0.2) is 0 Å². The second-order valence-corrected chi connectivity index (χ2v) is 4.62. The zero-order valence-corrected chi connectivity index (χ0v) is 9.96. The van der Waals surface area contributed by atoms with Gasteiger partial charge in [0.2, 0.25) is 0 Å². The molecule has 0 N–H and O–H groups in total. The van der Waals surface area contributed by atoms with Crippen molar-refractivity contribution in [2.75, 3.05) is 6.61 Å². The first-order valence-electron chi connectivity index (χ1n) is 6.48. The van der Waals surface area contributed by atoms with Crippen molar-refractivity contribution in [3.63, 3.8) is 0 Å². The van der Waals surface area contributed by atoms with Crippen molar-refractivity contribution in [1.29, 1.82) is 0 Å². The number of esters is 1. The topological polar surface area (TPSA) is 26.3 Å². The fraction of sp³-hybridized carbons (Fsp3) is 0.923. The molecule has 1 aliphatic rings. The van der Waals surface area contributed by atoms with Crippen molar-refractivity contribution in [1.82, 2.24) is 0 Å². The highest BCUT2D eigenvalue weighted by atomic mass is 16.5. The van der Waals surface area contributed by atoms with Crippen LogP contribution in [0.4, 0.5) is 0 Å². The summed E-state index contributed by atoms with van der Waals surface area (Å²) < 4.78 is 5.16. The molecule has 1 fully saturated rings. The lowest BCUT2D eigenvalue weighted by molar-refractivity contribution is -0.144. The van der Waals surface area contributed by atoms with E-state index in [4.69, 9.17) is 4.74 Å². The lowest BCUT2D eigenvalue weighted by atomic mass is 10.0. The Hall–Kier alpha value is -0.530. The molecule has 0 unspecified atom stereocenters. The zero-order valence-electron chi connectivity index (χ0n) is 9.96. The third kappa shape index (κ3) is 5.81. The molecule has 0 atom stereocenters. The van der Waals surface area contributed by atoms with Gasteiger partial charge in [-0.3, -0.25) is 4.79 Å². The number of hydrogen-bond donors (Lipinski definition) is 0.